The van der Waals surface area contributed by atoms with E-state index in [9.17, 15) is 9.50 Å². The summed E-state index contributed by atoms with van der Waals surface area (Å²) in [6.07, 6.45) is 4.50. The number of rotatable bonds is 6. The van der Waals surface area contributed by atoms with E-state index in [0.717, 1.165) is 5.56 Å². The number of aromatic nitrogens is 2. The molecule has 0 amide bonds. The molecule has 0 radical (unpaired) electrons. The number of halogens is 1. The smallest absolute Gasteiger partial charge is 0.123 e. The minimum Gasteiger partial charge on any atom is -0.389 e. The summed E-state index contributed by atoms with van der Waals surface area (Å²) in [4.78, 5) is 3.89. The summed E-state index contributed by atoms with van der Waals surface area (Å²) in [6.45, 7) is 1.04. The van der Waals surface area contributed by atoms with Crippen molar-refractivity contribution in [1.29, 1.82) is 0 Å². The maximum Gasteiger partial charge on any atom is 0.123 e. The zero-order valence-electron chi connectivity index (χ0n) is 9.87. The first-order chi connectivity index (χ1) is 8.74. The first-order valence-corrected chi connectivity index (χ1v) is 5.70. The maximum atomic E-state index is 12.7. The predicted octanol–water partition coefficient (Wildman–Crippen LogP) is 1.60. The standard InChI is InChI=1S/C13H15FN2O2/c14-12-3-1-11(2-4-12)8-18-9-13(17)7-16-6-5-15-10-16/h1-6,10,13,17H,7-9H2. The lowest BCUT2D eigenvalue weighted by molar-refractivity contribution is 0.0203. The molecule has 0 aliphatic rings. The molecule has 0 fully saturated rings. The van der Waals surface area contributed by atoms with Crippen LogP contribution in [0, 0.1) is 5.82 Å². The number of imidazole rings is 1. The van der Waals surface area contributed by atoms with Gasteiger partial charge < -0.3 is 14.4 Å². The van der Waals surface area contributed by atoms with Crippen molar-refractivity contribution in [2.75, 3.05) is 6.61 Å². The van der Waals surface area contributed by atoms with E-state index in [1.54, 1.807) is 35.4 Å². The average molecular weight is 250 g/mol. The zero-order valence-corrected chi connectivity index (χ0v) is 9.87. The molecule has 96 valence electrons. The van der Waals surface area contributed by atoms with E-state index in [2.05, 4.69) is 4.98 Å². The number of aliphatic hydroxyl groups excluding tert-OH is 1. The van der Waals surface area contributed by atoms with Gasteiger partial charge in [-0.05, 0) is 17.7 Å². The molecule has 0 bridgehead atoms. The highest BCUT2D eigenvalue weighted by Gasteiger charge is 2.05. The van der Waals surface area contributed by atoms with Crippen LogP contribution in [0.3, 0.4) is 0 Å². The minimum atomic E-state index is -0.584. The Bertz CT molecular complexity index is 456. The largest absolute Gasteiger partial charge is 0.389 e. The topological polar surface area (TPSA) is 47.3 Å². The van der Waals surface area contributed by atoms with Crippen molar-refractivity contribution in [3.63, 3.8) is 0 Å². The van der Waals surface area contributed by atoms with Crippen LogP contribution in [-0.4, -0.2) is 27.4 Å². The molecule has 2 aromatic rings. The van der Waals surface area contributed by atoms with E-state index in [-0.39, 0.29) is 12.4 Å². The number of hydrogen-bond acceptors (Lipinski definition) is 3. The number of hydrogen-bond donors (Lipinski definition) is 1. The Morgan fingerprint density at radius 2 is 2.11 bits per heavy atom. The molecule has 1 N–H and O–H groups in total. The molecular formula is C13H15FN2O2. The number of nitrogens with zero attached hydrogens (tertiary/aromatic N) is 2. The first kappa shape index (κ1) is 12.7. The van der Waals surface area contributed by atoms with E-state index in [4.69, 9.17) is 4.74 Å². The fourth-order valence-electron chi connectivity index (χ4n) is 1.58. The molecule has 1 aromatic heterocycles. The fourth-order valence-corrected chi connectivity index (χ4v) is 1.58. The van der Waals surface area contributed by atoms with Gasteiger partial charge in [-0.1, -0.05) is 12.1 Å². The highest BCUT2D eigenvalue weighted by atomic mass is 19.1. The van der Waals surface area contributed by atoms with E-state index in [1.165, 1.54) is 12.1 Å². The highest BCUT2D eigenvalue weighted by molar-refractivity contribution is 5.14. The van der Waals surface area contributed by atoms with Gasteiger partial charge in [-0.2, -0.15) is 0 Å². The maximum absolute atomic E-state index is 12.7. The van der Waals surface area contributed by atoms with Gasteiger partial charge in [0.25, 0.3) is 0 Å². The van der Waals surface area contributed by atoms with Crippen LogP contribution >= 0.6 is 0 Å². The molecule has 1 heterocycles. The van der Waals surface area contributed by atoms with Gasteiger partial charge in [-0.3, -0.25) is 0 Å². The molecule has 0 aliphatic heterocycles. The van der Waals surface area contributed by atoms with Gasteiger partial charge in [0.05, 0.1) is 32.2 Å². The van der Waals surface area contributed by atoms with Crippen molar-refractivity contribution in [3.05, 3.63) is 54.4 Å². The molecule has 0 spiro atoms. The Morgan fingerprint density at radius 3 is 2.78 bits per heavy atom. The average Bonchev–Trinajstić information content (AvgIpc) is 2.84. The van der Waals surface area contributed by atoms with Crippen LogP contribution < -0.4 is 0 Å². The normalized spacial score (nSPS) is 12.6. The molecule has 0 aliphatic carbocycles. The summed E-state index contributed by atoms with van der Waals surface area (Å²) in [5.74, 6) is -0.265. The molecule has 1 atom stereocenters. The second-order valence-corrected chi connectivity index (χ2v) is 4.05. The molecule has 5 heteroatoms. The zero-order chi connectivity index (χ0) is 12.8. The van der Waals surface area contributed by atoms with Crippen LogP contribution in [0.25, 0.3) is 0 Å². The molecule has 4 nitrogen and oxygen atoms in total. The third-order valence-corrected chi connectivity index (χ3v) is 2.47. The van der Waals surface area contributed by atoms with Crippen LogP contribution in [0.2, 0.25) is 0 Å². The second-order valence-electron chi connectivity index (χ2n) is 4.05. The van der Waals surface area contributed by atoms with Crippen molar-refractivity contribution < 1.29 is 14.2 Å². The summed E-state index contributed by atoms with van der Waals surface area (Å²) in [6, 6.07) is 6.11. The van der Waals surface area contributed by atoms with Crippen LogP contribution in [-0.2, 0) is 17.9 Å². The van der Waals surface area contributed by atoms with E-state index >= 15 is 0 Å². The quantitative estimate of drug-likeness (QED) is 0.847. The summed E-state index contributed by atoms with van der Waals surface area (Å²) in [7, 11) is 0. The van der Waals surface area contributed by atoms with Gasteiger partial charge in [-0.25, -0.2) is 9.37 Å². The number of ether oxygens (including phenoxy) is 1. The van der Waals surface area contributed by atoms with Crippen molar-refractivity contribution in [1.82, 2.24) is 9.55 Å². The van der Waals surface area contributed by atoms with Crippen LogP contribution in [0.5, 0.6) is 0 Å². The fraction of sp³-hybridized carbons (Fsp3) is 0.308. The van der Waals surface area contributed by atoms with Gasteiger partial charge in [0, 0.05) is 12.4 Å². The van der Waals surface area contributed by atoms with Gasteiger partial charge in [0.2, 0.25) is 0 Å². The van der Waals surface area contributed by atoms with Crippen LogP contribution in [0.15, 0.2) is 43.0 Å². The Hall–Kier alpha value is -1.72. The first-order valence-electron chi connectivity index (χ1n) is 5.70. The Kier molecular flexibility index (Phi) is 4.44. The van der Waals surface area contributed by atoms with Gasteiger partial charge in [0.15, 0.2) is 0 Å². The summed E-state index contributed by atoms with van der Waals surface area (Å²) in [5.41, 5.74) is 0.881. The number of aliphatic hydroxyl groups is 1. The van der Waals surface area contributed by atoms with Gasteiger partial charge in [-0.15, -0.1) is 0 Å². The van der Waals surface area contributed by atoms with Crippen molar-refractivity contribution in [3.8, 4) is 0 Å². The second kappa shape index (κ2) is 6.28. The highest BCUT2D eigenvalue weighted by Crippen LogP contribution is 2.04. The van der Waals surface area contributed by atoms with E-state index < -0.39 is 6.10 Å². The molecule has 0 saturated carbocycles. The molecule has 1 aromatic carbocycles. The lowest BCUT2D eigenvalue weighted by Gasteiger charge is -2.11. The Morgan fingerprint density at radius 1 is 1.33 bits per heavy atom. The number of benzene rings is 1. The summed E-state index contributed by atoms with van der Waals surface area (Å²) >= 11 is 0. The third-order valence-electron chi connectivity index (χ3n) is 2.47. The van der Waals surface area contributed by atoms with Crippen molar-refractivity contribution in [2.45, 2.75) is 19.3 Å². The summed E-state index contributed by atoms with van der Waals surface area (Å²) in [5, 5.41) is 9.71. The molecular weight excluding hydrogens is 235 g/mol. The lowest BCUT2D eigenvalue weighted by atomic mass is 10.2. The summed E-state index contributed by atoms with van der Waals surface area (Å²) < 4.78 is 19.8. The monoisotopic (exact) mass is 250 g/mol. The van der Waals surface area contributed by atoms with Gasteiger partial charge >= 0.3 is 0 Å². The van der Waals surface area contributed by atoms with Crippen LogP contribution in [0.4, 0.5) is 4.39 Å². The van der Waals surface area contributed by atoms with Crippen molar-refractivity contribution in [2.24, 2.45) is 0 Å². The van der Waals surface area contributed by atoms with E-state index in [0.29, 0.717) is 13.2 Å². The third kappa shape index (κ3) is 3.94. The Labute approximate surface area is 105 Å². The SMILES string of the molecule is OC(COCc1ccc(F)cc1)Cn1ccnc1. The molecule has 1 unspecified atom stereocenters. The van der Waals surface area contributed by atoms with E-state index in [1.807, 2.05) is 0 Å². The van der Waals surface area contributed by atoms with Crippen LogP contribution in [0.1, 0.15) is 5.56 Å². The molecule has 2 rings (SSSR count). The predicted molar refractivity (Wildman–Crippen MR) is 64.3 cm³/mol. The van der Waals surface area contributed by atoms with Crippen molar-refractivity contribution >= 4 is 0 Å². The molecule has 18 heavy (non-hydrogen) atoms. The Balaban J connectivity index is 1.70. The van der Waals surface area contributed by atoms with Gasteiger partial charge in [0.1, 0.15) is 5.82 Å². The molecule has 0 saturated heterocycles. The minimum absolute atomic E-state index is 0.232. The lowest BCUT2D eigenvalue weighted by Crippen LogP contribution is -2.21.